The molecule has 2 saturated heterocycles. The van der Waals surface area contributed by atoms with Gasteiger partial charge in [-0.05, 0) is 44.4 Å². The van der Waals surface area contributed by atoms with Gasteiger partial charge in [0.25, 0.3) is 0 Å². The highest BCUT2D eigenvalue weighted by atomic mass is 35.5. The molecule has 1 amide bonds. The topological polar surface area (TPSA) is 32.3 Å². The van der Waals surface area contributed by atoms with E-state index in [0.717, 1.165) is 28.6 Å². The highest BCUT2D eigenvalue weighted by Gasteiger charge is 2.32. The average Bonchev–Trinajstić information content (AvgIpc) is 2.97. The maximum absolute atomic E-state index is 12.0. The van der Waals surface area contributed by atoms with Crippen LogP contribution in [0.2, 0.25) is 4.34 Å². The number of thiophene rings is 1. The van der Waals surface area contributed by atoms with E-state index in [0.29, 0.717) is 18.5 Å². The first kappa shape index (κ1) is 13.4. The van der Waals surface area contributed by atoms with E-state index in [4.69, 9.17) is 11.6 Å². The van der Waals surface area contributed by atoms with E-state index in [9.17, 15) is 4.79 Å². The van der Waals surface area contributed by atoms with Crippen molar-refractivity contribution < 1.29 is 4.79 Å². The van der Waals surface area contributed by atoms with Crippen molar-refractivity contribution in [3.05, 3.63) is 21.3 Å². The maximum atomic E-state index is 12.0. The Balaban J connectivity index is 1.49. The largest absolute Gasteiger partial charge is 0.353 e. The second-order valence-electron chi connectivity index (χ2n) is 5.50. The third kappa shape index (κ3) is 3.30. The first-order valence-corrected chi connectivity index (χ1v) is 8.18. The molecule has 0 spiro atoms. The number of nitrogens with zero attached hydrogens (tertiary/aromatic N) is 1. The van der Waals surface area contributed by atoms with Crippen molar-refractivity contribution in [1.82, 2.24) is 10.2 Å². The summed E-state index contributed by atoms with van der Waals surface area (Å²) in [6, 6.07) is 4.86. The van der Waals surface area contributed by atoms with Gasteiger partial charge in [0.1, 0.15) is 0 Å². The Labute approximate surface area is 122 Å². The molecule has 1 N–H and O–H groups in total. The smallest absolute Gasteiger partial charge is 0.225 e. The molecule has 0 bridgehead atoms. The fourth-order valence-corrected chi connectivity index (χ4v) is 4.33. The van der Waals surface area contributed by atoms with Crippen LogP contribution >= 0.6 is 22.9 Å². The summed E-state index contributed by atoms with van der Waals surface area (Å²) in [6.45, 7) is 2.39. The van der Waals surface area contributed by atoms with Crippen LogP contribution in [0.1, 0.15) is 30.6 Å². The normalized spacial score (nSPS) is 27.2. The molecule has 3 rings (SSSR count). The minimum Gasteiger partial charge on any atom is -0.353 e. The molecule has 19 heavy (non-hydrogen) atoms. The summed E-state index contributed by atoms with van der Waals surface area (Å²) < 4.78 is 0.752. The Bertz CT molecular complexity index is 462. The van der Waals surface area contributed by atoms with Crippen molar-refractivity contribution in [2.24, 2.45) is 0 Å². The number of halogens is 1. The molecule has 2 aliphatic rings. The lowest BCUT2D eigenvalue weighted by Crippen LogP contribution is -2.47. The molecule has 2 atom stereocenters. The number of rotatable bonds is 3. The van der Waals surface area contributed by atoms with Crippen LogP contribution in [-0.4, -0.2) is 36.0 Å². The number of carbonyl (C=O) groups excluding carboxylic acids is 1. The van der Waals surface area contributed by atoms with Crippen molar-refractivity contribution in [2.45, 2.75) is 44.2 Å². The number of piperidine rings is 1. The first-order chi connectivity index (χ1) is 9.20. The van der Waals surface area contributed by atoms with Gasteiger partial charge < -0.3 is 10.2 Å². The van der Waals surface area contributed by atoms with Crippen LogP contribution in [0.25, 0.3) is 0 Å². The fourth-order valence-electron chi connectivity index (χ4n) is 3.24. The minimum atomic E-state index is 0.134. The number of hydrogen-bond donors (Lipinski definition) is 1. The molecular weight excluding hydrogens is 280 g/mol. The summed E-state index contributed by atoms with van der Waals surface area (Å²) in [4.78, 5) is 15.6. The van der Waals surface area contributed by atoms with Gasteiger partial charge in [0.2, 0.25) is 5.91 Å². The van der Waals surface area contributed by atoms with Gasteiger partial charge in [-0.1, -0.05) is 11.6 Å². The average molecular weight is 299 g/mol. The molecular formula is C14H19ClN2OS. The molecule has 3 nitrogen and oxygen atoms in total. The van der Waals surface area contributed by atoms with E-state index < -0.39 is 0 Å². The molecule has 2 aliphatic heterocycles. The highest BCUT2D eigenvalue weighted by molar-refractivity contribution is 7.16. The lowest BCUT2D eigenvalue weighted by Gasteiger charge is -2.35. The summed E-state index contributed by atoms with van der Waals surface area (Å²) >= 11 is 7.37. The van der Waals surface area contributed by atoms with E-state index in [1.165, 1.54) is 30.7 Å². The second-order valence-corrected chi connectivity index (χ2v) is 7.30. The summed E-state index contributed by atoms with van der Waals surface area (Å²) in [5, 5.41) is 3.19. The molecule has 1 aromatic rings. The zero-order chi connectivity index (χ0) is 13.2. The summed E-state index contributed by atoms with van der Waals surface area (Å²) in [5.41, 5.74) is 0. The van der Waals surface area contributed by atoms with Gasteiger partial charge >= 0.3 is 0 Å². The SMILES string of the molecule is O=C(Cc1ccc(Cl)s1)N[C@H]1CCN2CCC[C@@H]2C1. The number of hydrogen-bond acceptors (Lipinski definition) is 3. The van der Waals surface area contributed by atoms with Crippen molar-refractivity contribution in [3.63, 3.8) is 0 Å². The lowest BCUT2D eigenvalue weighted by atomic mass is 9.97. The van der Waals surface area contributed by atoms with Gasteiger partial charge in [-0.15, -0.1) is 11.3 Å². The van der Waals surface area contributed by atoms with E-state index in [2.05, 4.69) is 10.2 Å². The van der Waals surface area contributed by atoms with Gasteiger partial charge in [-0.2, -0.15) is 0 Å². The van der Waals surface area contributed by atoms with E-state index >= 15 is 0 Å². The van der Waals surface area contributed by atoms with E-state index in [1.807, 2.05) is 12.1 Å². The monoisotopic (exact) mass is 298 g/mol. The number of carbonyl (C=O) groups is 1. The molecule has 104 valence electrons. The van der Waals surface area contributed by atoms with Crippen LogP contribution in [0.4, 0.5) is 0 Å². The summed E-state index contributed by atoms with van der Waals surface area (Å²) in [7, 11) is 0. The summed E-state index contributed by atoms with van der Waals surface area (Å²) in [5.74, 6) is 0.134. The van der Waals surface area contributed by atoms with Gasteiger partial charge in [0.15, 0.2) is 0 Å². The van der Waals surface area contributed by atoms with Gasteiger partial charge in [0.05, 0.1) is 10.8 Å². The fraction of sp³-hybridized carbons (Fsp3) is 0.643. The van der Waals surface area contributed by atoms with E-state index in [1.54, 1.807) is 0 Å². The Kier molecular flexibility index (Phi) is 4.10. The molecule has 1 aromatic heterocycles. The predicted molar refractivity (Wildman–Crippen MR) is 78.8 cm³/mol. The first-order valence-electron chi connectivity index (χ1n) is 6.98. The number of fused-ring (bicyclic) bond motifs is 1. The lowest BCUT2D eigenvalue weighted by molar-refractivity contribution is -0.121. The molecule has 0 unspecified atom stereocenters. The minimum absolute atomic E-state index is 0.134. The molecule has 0 saturated carbocycles. The molecule has 0 aliphatic carbocycles. The Morgan fingerprint density at radius 1 is 1.42 bits per heavy atom. The van der Waals surface area contributed by atoms with Gasteiger partial charge in [-0.3, -0.25) is 4.79 Å². The van der Waals surface area contributed by atoms with Crippen molar-refractivity contribution in [2.75, 3.05) is 13.1 Å². The van der Waals surface area contributed by atoms with Crippen molar-refractivity contribution >= 4 is 28.8 Å². The molecule has 0 aromatic carbocycles. The Morgan fingerprint density at radius 2 is 2.32 bits per heavy atom. The third-order valence-corrected chi connectivity index (χ3v) is 5.38. The van der Waals surface area contributed by atoms with Crippen LogP contribution < -0.4 is 5.32 Å². The third-order valence-electron chi connectivity index (χ3n) is 4.15. The van der Waals surface area contributed by atoms with Crippen LogP contribution in [0.15, 0.2) is 12.1 Å². The Morgan fingerprint density at radius 3 is 3.11 bits per heavy atom. The second kappa shape index (κ2) is 5.81. The zero-order valence-corrected chi connectivity index (χ0v) is 12.5. The van der Waals surface area contributed by atoms with E-state index in [-0.39, 0.29) is 5.91 Å². The predicted octanol–water partition coefficient (Wildman–Crippen LogP) is 2.69. The zero-order valence-electron chi connectivity index (χ0n) is 10.9. The van der Waals surface area contributed by atoms with Crippen LogP contribution in [0, 0.1) is 0 Å². The maximum Gasteiger partial charge on any atom is 0.225 e. The molecule has 5 heteroatoms. The Hall–Kier alpha value is -0.580. The van der Waals surface area contributed by atoms with Gasteiger partial charge in [0, 0.05) is 23.5 Å². The van der Waals surface area contributed by atoms with Gasteiger partial charge in [-0.25, -0.2) is 0 Å². The van der Waals surface area contributed by atoms with Crippen LogP contribution in [0.5, 0.6) is 0 Å². The molecule has 3 heterocycles. The van der Waals surface area contributed by atoms with Crippen molar-refractivity contribution in [3.8, 4) is 0 Å². The van der Waals surface area contributed by atoms with Crippen molar-refractivity contribution in [1.29, 1.82) is 0 Å². The van der Waals surface area contributed by atoms with Crippen LogP contribution in [-0.2, 0) is 11.2 Å². The van der Waals surface area contributed by atoms with Crippen LogP contribution in [0.3, 0.4) is 0 Å². The number of nitrogens with one attached hydrogen (secondary N) is 1. The standard InChI is InChI=1S/C14H19ClN2OS/c15-13-4-3-12(19-13)9-14(18)16-10-5-7-17-6-1-2-11(17)8-10/h3-4,10-11H,1-2,5-9H2,(H,16,18)/t10-,11+/m0/s1. The quantitative estimate of drug-likeness (QED) is 0.930. The molecule has 2 fully saturated rings. The highest BCUT2D eigenvalue weighted by Crippen LogP contribution is 2.27. The molecule has 0 radical (unpaired) electrons. The summed E-state index contributed by atoms with van der Waals surface area (Å²) in [6.07, 6.45) is 5.29. The number of amides is 1.